The highest BCUT2D eigenvalue weighted by Crippen LogP contribution is 2.25. The number of imidazole rings is 1. The van der Waals surface area contributed by atoms with E-state index in [-0.39, 0.29) is 11.8 Å². The molecule has 2 saturated heterocycles. The van der Waals surface area contributed by atoms with E-state index in [9.17, 15) is 9.59 Å². The van der Waals surface area contributed by atoms with Crippen LogP contribution in [0.3, 0.4) is 0 Å². The fourth-order valence-corrected chi connectivity index (χ4v) is 5.84. The Morgan fingerprint density at radius 2 is 1.09 bits per heavy atom. The van der Waals surface area contributed by atoms with E-state index < -0.39 is 0 Å². The van der Waals surface area contributed by atoms with Crippen LogP contribution in [0.5, 0.6) is 0 Å². The van der Waals surface area contributed by atoms with Gasteiger partial charge in [0, 0.05) is 91.8 Å². The maximum Gasteiger partial charge on any atom is 0.255 e. The number of piperazine rings is 2. The molecule has 1 aromatic heterocycles. The SMILES string of the molecule is O=C(Nc1ccc(N2CCNCC2)cc1)c1ccc(-c2nc3ccc(NC(=O)c4ccc(N5CCNCC5)cc4)cc3[nH]2)cc1. The lowest BCUT2D eigenvalue weighted by atomic mass is 10.1. The van der Waals surface area contributed by atoms with Crippen molar-refractivity contribution in [2.75, 3.05) is 72.8 Å². The lowest BCUT2D eigenvalue weighted by molar-refractivity contribution is 0.101. The van der Waals surface area contributed by atoms with E-state index in [0.29, 0.717) is 22.6 Å². The van der Waals surface area contributed by atoms with Crippen molar-refractivity contribution >= 4 is 45.6 Å². The smallest absolute Gasteiger partial charge is 0.255 e. The zero-order valence-electron chi connectivity index (χ0n) is 25.0. The largest absolute Gasteiger partial charge is 0.369 e. The second kappa shape index (κ2) is 12.8. The maximum atomic E-state index is 13.0. The Labute approximate surface area is 261 Å². The number of aromatic nitrogens is 2. The second-order valence-electron chi connectivity index (χ2n) is 11.4. The van der Waals surface area contributed by atoms with Crippen molar-refractivity contribution in [1.82, 2.24) is 20.6 Å². The molecule has 0 bridgehead atoms. The van der Waals surface area contributed by atoms with Crippen molar-refractivity contribution in [3.05, 3.63) is 102 Å². The van der Waals surface area contributed by atoms with E-state index in [1.165, 1.54) is 0 Å². The van der Waals surface area contributed by atoms with Gasteiger partial charge in [0.2, 0.25) is 0 Å². The van der Waals surface area contributed by atoms with Crippen LogP contribution in [-0.2, 0) is 0 Å². The van der Waals surface area contributed by atoms with Gasteiger partial charge in [-0.3, -0.25) is 9.59 Å². The molecule has 45 heavy (non-hydrogen) atoms. The van der Waals surface area contributed by atoms with Crippen LogP contribution in [0.2, 0.25) is 0 Å². The fourth-order valence-electron chi connectivity index (χ4n) is 5.84. The van der Waals surface area contributed by atoms with Gasteiger partial charge in [-0.1, -0.05) is 12.1 Å². The lowest BCUT2D eigenvalue weighted by Crippen LogP contribution is -2.43. The summed E-state index contributed by atoms with van der Waals surface area (Å²) in [5.41, 5.74) is 7.36. The van der Waals surface area contributed by atoms with E-state index in [1.54, 1.807) is 12.1 Å². The van der Waals surface area contributed by atoms with Crippen LogP contribution < -0.4 is 31.1 Å². The molecule has 4 aromatic carbocycles. The molecule has 0 atom stereocenters. The maximum absolute atomic E-state index is 13.0. The Balaban J connectivity index is 0.978. The molecule has 2 amide bonds. The number of hydrogen-bond acceptors (Lipinski definition) is 7. The highest BCUT2D eigenvalue weighted by atomic mass is 16.2. The summed E-state index contributed by atoms with van der Waals surface area (Å²) >= 11 is 0. The summed E-state index contributed by atoms with van der Waals surface area (Å²) in [6.45, 7) is 7.78. The van der Waals surface area contributed by atoms with Crippen molar-refractivity contribution < 1.29 is 9.59 Å². The first kappa shape index (κ1) is 28.6. The predicted octanol–water partition coefficient (Wildman–Crippen LogP) is 4.55. The van der Waals surface area contributed by atoms with Crippen molar-refractivity contribution in [2.24, 2.45) is 0 Å². The van der Waals surface area contributed by atoms with Crippen molar-refractivity contribution in [1.29, 1.82) is 0 Å². The van der Waals surface area contributed by atoms with E-state index in [0.717, 1.165) is 86.0 Å². The number of carbonyl (C=O) groups is 2. The predicted molar refractivity (Wildman–Crippen MR) is 180 cm³/mol. The molecule has 0 saturated carbocycles. The van der Waals surface area contributed by atoms with Gasteiger partial charge in [-0.25, -0.2) is 4.98 Å². The second-order valence-corrected chi connectivity index (χ2v) is 11.4. The zero-order valence-corrected chi connectivity index (χ0v) is 25.0. The van der Waals surface area contributed by atoms with E-state index in [4.69, 9.17) is 4.98 Å². The average molecular weight is 601 g/mol. The molecule has 0 unspecified atom stereocenters. The number of anilines is 4. The van der Waals surface area contributed by atoms with E-state index in [1.807, 2.05) is 78.9 Å². The topological polar surface area (TPSA) is 117 Å². The molecule has 5 aromatic rings. The van der Waals surface area contributed by atoms with Crippen LogP contribution in [0, 0.1) is 0 Å². The van der Waals surface area contributed by atoms with E-state index >= 15 is 0 Å². The van der Waals surface area contributed by atoms with Gasteiger partial charge in [0.25, 0.3) is 11.8 Å². The Morgan fingerprint density at radius 1 is 0.600 bits per heavy atom. The molecular formula is C35H36N8O2. The number of amides is 2. The number of hydrogen-bond donors (Lipinski definition) is 5. The van der Waals surface area contributed by atoms with Gasteiger partial charge >= 0.3 is 0 Å². The summed E-state index contributed by atoms with van der Waals surface area (Å²) in [5.74, 6) is 0.359. The molecule has 0 aliphatic carbocycles. The number of nitrogens with one attached hydrogen (secondary N) is 5. The third-order valence-electron chi connectivity index (χ3n) is 8.38. The first-order chi connectivity index (χ1) is 22.1. The van der Waals surface area contributed by atoms with Gasteiger partial charge in [-0.05, 0) is 78.9 Å². The zero-order chi connectivity index (χ0) is 30.6. The van der Waals surface area contributed by atoms with Gasteiger partial charge in [0.1, 0.15) is 5.82 Å². The van der Waals surface area contributed by atoms with Crippen LogP contribution in [0.15, 0.2) is 91.0 Å². The van der Waals surface area contributed by atoms with Gasteiger partial charge in [-0.15, -0.1) is 0 Å². The third kappa shape index (κ3) is 6.52. The summed E-state index contributed by atoms with van der Waals surface area (Å²) in [4.78, 5) is 38.6. The summed E-state index contributed by atoms with van der Waals surface area (Å²) in [5, 5.41) is 12.7. The Bertz CT molecular complexity index is 1790. The van der Waals surface area contributed by atoms with Crippen LogP contribution in [0.4, 0.5) is 22.7 Å². The number of rotatable bonds is 7. The molecule has 7 rings (SSSR count). The van der Waals surface area contributed by atoms with Crippen LogP contribution in [-0.4, -0.2) is 74.1 Å². The molecule has 10 heteroatoms. The van der Waals surface area contributed by atoms with Crippen LogP contribution in [0.1, 0.15) is 20.7 Å². The number of H-pyrrole nitrogens is 1. The highest BCUT2D eigenvalue weighted by molar-refractivity contribution is 6.05. The van der Waals surface area contributed by atoms with Crippen LogP contribution in [0.25, 0.3) is 22.4 Å². The number of benzene rings is 4. The molecule has 5 N–H and O–H groups in total. The Hall–Kier alpha value is -5.19. The molecule has 0 radical (unpaired) electrons. The number of nitrogens with zero attached hydrogens (tertiary/aromatic N) is 3. The fraction of sp³-hybridized carbons (Fsp3) is 0.229. The number of aromatic amines is 1. The first-order valence-electron chi connectivity index (χ1n) is 15.4. The molecule has 3 heterocycles. The standard InChI is InChI=1S/C35H36N8O2/c44-34(38-27-7-12-30(13-8-27)43-21-17-37-18-22-43)25-3-1-24(2-4-25)33-40-31-14-9-28(23-32(31)41-33)39-35(45)26-5-10-29(11-6-26)42-19-15-36-16-20-42/h1-14,23,36-37H,15-22H2,(H,38,44)(H,39,45)(H,40,41). The molecule has 2 aliphatic heterocycles. The van der Waals surface area contributed by atoms with Gasteiger partial charge in [0.05, 0.1) is 11.0 Å². The van der Waals surface area contributed by atoms with Crippen LogP contribution >= 0.6 is 0 Å². The Kier molecular flexibility index (Phi) is 8.13. The summed E-state index contributed by atoms with van der Waals surface area (Å²) in [6.07, 6.45) is 0. The van der Waals surface area contributed by atoms with Crippen molar-refractivity contribution in [3.8, 4) is 11.4 Å². The quantitative estimate of drug-likeness (QED) is 0.186. The monoisotopic (exact) mass is 600 g/mol. The average Bonchev–Trinajstić information content (AvgIpc) is 3.53. The molecule has 0 spiro atoms. The molecule has 10 nitrogen and oxygen atoms in total. The van der Waals surface area contributed by atoms with Gasteiger partial charge in [0.15, 0.2) is 0 Å². The van der Waals surface area contributed by atoms with Crippen molar-refractivity contribution in [2.45, 2.75) is 0 Å². The normalized spacial score (nSPS) is 15.2. The minimum absolute atomic E-state index is 0.162. The summed E-state index contributed by atoms with van der Waals surface area (Å²) < 4.78 is 0. The highest BCUT2D eigenvalue weighted by Gasteiger charge is 2.14. The minimum Gasteiger partial charge on any atom is -0.369 e. The minimum atomic E-state index is -0.167. The Morgan fingerprint density at radius 3 is 1.67 bits per heavy atom. The molecule has 2 aliphatic rings. The third-order valence-corrected chi connectivity index (χ3v) is 8.38. The molecule has 2 fully saturated rings. The lowest BCUT2D eigenvalue weighted by Gasteiger charge is -2.29. The first-order valence-corrected chi connectivity index (χ1v) is 15.4. The molecular weight excluding hydrogens is 564 g/mol. The number of fused-ring (bicyclic) bond motifs is 1. The number of carbonyl (C=O) groups excluding carboxylic acids is 2. The van der Waals surface area contributed by atoms with Crippen molar-refractivity contribution in [3.63, 3.8) is 0 Å². The summed E-state index contributed by atoms with van der Waals surface area (Å²) in [7, 11) is 0. The molecule has 228 valence electrons. The van der Waals surface area contributed by atoms with Gasteiger partial charge < -0.3 is 36.1 Å². The van der Waals surface area contributed by atoms with Gasteiger partial charge in [-0.2, -0.15) is 0 Å². The summed E-state index contributed by atoms with van der Waals surface area (Å²) in [6, 6.07) is 28.7. The van der Waals surface area contributed by atoms with E-state index in [2.05, 4.69) is 36.1 Å².